The third-order valence-electron chi connectivity index (χ3n) is 2.48. The van der Waals surface area contributed by atoms with Crippen LogP contribution in [0.4, 0.5) is 0 Å². The van der Waals surface area contributed by atoms with Gasteiger partial charge in [-0.2, -0.15) is 0 Å². The van der Waals surface area contributed by atoms with Crippen molar-refractivity contribution >= 4 is 29.2 Å². The van der Waals surface area contributed by atoms with Crippen molar-refractivity contribution in [3.8, 4) is 0 Å². The van der Waals surface area contributed by atoms with Crippen LogP contribution in [0, 0.1) is 0 Å². The molecule has 0 aromatic heterocycles. The Bertz CT molecular complexity index is 429. The summed E-state index contributed by atoms with van der Waals surface area (Å²) in [5.74, 6) is -1.10. The standard InChI is InChI=1S/C11H10Cl2O4/c1-5-16-9(10(17-5)11(14)15)8-6(12)3-2-4-7(8)13/h2-5,9-10H,1H3,(H,14,15). The van der Waals surface area contributed by atoms with E-state index in [1.54, 1.807) is 25.1 Å². The number of benzene rings is 1. The van der Waals surface area contributed by atoms with Gasteiger partial charge in [-0.3, -0.25) is 0 Å². The lowest BCUT2D eigenvalue weighted by molar-refractivity contribution is -0.150. The molecule has 0 radical (unpaired) electrons. The van der Waals surface area contributed by atoms with Crippen LogP contribution in [0.2, 0.25) is 10.0 Å². The predicted molar refractivity (Wildman–Crippen MR) is 62.3 cm³/mol. The minimum Gasteiger partial charge on any atom is -0.479 e. The van der Waals surface area contributed by atoms with E-state index in [1.165, 1.54) is 0 Å². The molecule has 0 amide bonds. The van der Waals surface area contributed by atoms with Gasteiger partial charge in [-0.1, -0.05) is 29.3 Å². The molecule has 1 heterocycles. The molecule has 1 fully saturated rings. The maximum Gasteiger partial charge on any atom is 0.336 e. The third-order valence-corrected chi connectivity index (χ3v) is 3.14. The Hall–Kier alpha value is -0.810. The lowest BCUT2D eigenvalue weighted by Crippen LogP contribution is -2.26. The van der Waals surface area contributed by atoms with Crippen molar-refractivity contribution < 1.29 is 19.4 Å². The molecule has 3 atom stereocenters. The third kappa shape index (κ3) is 2.40. The van der Waals surface area contributed by atoms with Gasteiger partial charge in [0.1, 0.15) is 6.10 Å². The van der Waals surface area contributed by atoms with Crippen LogP contribution < -0.4 is 0 Å². The molecule has 0 saturated carbocycles. The fourth-order valence-corrected chi connectivity index (χ4v) is 2.39. The molecule has 6 heteroatoms. The molecule has 2 rings (SSSR count). The minimum absolute atomic E-state index is 0.367. The summed E-state index contributed by atoms with van der Waals surface area (Å²) in [4.78, 5) is 11.1. The molecule has 1 aliphatic heterocycles. The molecule has 1 aromatic carbocycles. The van der Waals surface area contributed by atoms with E-state index in [9.17, 15) is 4.79 Å². The number of hydrogen-bond donors (Lipinski definition) is 1. The number of halogens is 2. The van der Waals surface area contributed by atoms with E-state index in [1.807, 2.05) is 0 Å². The van der Waals surface area contributed by atoms with E-state index >= 15 is 0 Å². The first-order valence-electron chi connectivity index (χ1n) is 4.98. The minimum atomic E-state index is -1.10. The fraction of sp³-hybridized carbons (Fsp3) is 0.364. The van der Waals surface area contributed by atoms with Crippen molar-refractivity contribution in [1.82, 2.24) is 0 Å². The SMILES string of the molecule is CC1OC(C(=O)O)C(c2c(Cl)cccc2Cl)O1. The molecule has 92 valence electrons. The molecular formula is C11H10Cl2O4. The Morgan fingerprint density at radius 3 is 2.41 bits per heavy atom. The number of carboxylic acid groups (broad SMARTS) is 1. The van der Waals surface area contributed by atoms with Crippen LogP contribution in [-0.2, 0) is 14.3 Å². The second-order valence-corrected chi connectivity index (χ2v) is 4.47. The lowest BCUT2D eigenvalue weighted by Gasteiger charge is -2.16. The first-order valence-corrected chi connectivity index (χ1v) is 5.74. The zero-order valence-corrected chi connectivity index (χ0v) is 10.4. The Morgan fingerprint density at radius 2 is 1.88 bits per heavy atom. The zero-order valence-electron chi connectivity index (χ0n) is 8.89. The number of ether oxygens (including phenoxy) is 2. The highest BCUT2D eigenvalue weighted by molar-refractivity contribution is 6.36. The van der Waals surface area contributed by atoms with Crippen LogP contribution in [0.25, 0.3) is 0 Å². The number of carboxylic acids is 1. The average molecular weight is 277 g/mol. The highest BCUT2D eigenvalue weighted by atomic mass is 35.5. The van der Waals surface area contributed by atoms with Gasteiger partial charge in [0.25, 0.3) is 0 Å². The summed E-state index contributed by atoms with van der Waals surface area (Å²) >= 11 is 12.0. The second kappa shape index (κ2) is 4.82. The summed E-state index contributed by atoms with van der Waals surface area (Å²) < 4.78 is 10.6. The van der Waals surface area contributed by atoms with Crippen molar-refractivity contribution in [2.75, 3.05) is 0 Å². The topological polar surface area (TPSA) is 55.8 Å². The summed E-state index contributed by atoms with van der Waals surface area (Å²) in [5.41, 5.74) is 0.451. The quantitative estimate of drug-likeness (QED) is 0.903. The van der Waals surface area contributed by atoms with Crippen LogP contribution in [0.1, 0.15) is 18.6 Å². The van der Waals surface area contributed by atoms with Gasteiger partial charge in [-0.25, -0.2) is 4.79 Å². The Balaban J connectivity index is 2.41. The lowest BCUT2D eigenvalue weighted by atomic mass is 10.0. The second-order valence-electron chi connectivity index (χ2n) is 3.65. The highest BCUT2D eigenvalue weighted by Gasteiger charge is 2.42. The van der Waals surface area contributed by atoms with E-state index in [0.29, 0.717) is 15.6 Å². The molecule has 0 aliphatic carbocycles. The van der Waals surface area contributed by atoms with Gasteiger partial charge in [0.05, 0.1) is 0 Å². The molecule has 4 nitrogen and oxygen atoms in total. The van der Waals surface area contributed by atoms with Crippen molar-refractivity contribution in [2.45, 2.75) is 25.4 Å². The van der Waals surface area contributed by atoms with Crippen LogP contribution in [-0.4, -0.2) is 23.5 Å². The van der Waals surface area contributed by atoms with Gasteiger partial charge in [0, 0.05) is 15.6 Å². The molecule has 17 heavy (non-hydrogen) atoms. The Labute approximate surface area is 108 Å². The van der Waals surface area contributed by atoms with E-state index in [4.69, 9.17) is 37.8 Å². The first kappa shape index (κ1) is 12.6. The average Bonchev–Trinajstić information content (AvgIpc) is 2.60. The summed E-state index contributed by atoms with van der Waals surface area (Å²) in [6.45, 7) is 1.63. The predicted octanol–water partition coefficient (Wildman–Crippen LogP) is 2.88. The van der Waals surface area contributed by atoms with Gasteiger partial charge in [-0.15, -0.1) is 0 Å². The van der Waals surface area contributed by atoms with E-state index in [2.05, 4.69) is 0 Å². The molecule has 1 aliphatic rings. The fourth-order valence-electron chi connectivity index (χ4n) is 1.78. The maximum absolute atomic E-state index is 11.1. The van der Waals surface area contributed by atoms with Crippen molar-refractivity contribution in [1.29, 1.82) is 0 Å². The van der Waals surface area contributed by atoms with Crippen molar-refractivity contribution in [2.24, 2.45) is 0 Å². The van der Waals surface area contributed by atoms with Crippen LogP contribution in [0.5, 0.6) is 0 Å². The maximum atomic E-state index is 11.1. The van der Waals surface area contributed by atoms with Crippen LogP contribution >= 0.6 is 23.2 Å². The molecule has 0 bridgehead atoms. The van der Waals surface area contributed by atoms with Crippen molar-refractivity contribution in [3.63, 3.8) is 0 Å². The summed E-state index contributed by atoms with van der Waals surface area (Å²) in [7, 11) is 0. The van der Waals surface area contributed by atoms with E-state index in [-0.39, 0.29) is 0 Å². The number of rotatable bonds is 2. The molecule has 1 aromatic rings. The number of carbonyl (C=O) groups is 1. The first-order chi connectivity index (χ1) is 8.00. The monoisotopic (exact) mass is 276 g/mol. The molecular weight excluding hydrogens is 267 g/mol. The molecule has 1 saturated heterocycles. The Kier molecular flexibility index (Phi) is 3.58. The van der Waals surface area contributed by atoms with E-state index in [0.717, 1.165) is 0 Å². The van der Waals surface area contributed by atoms with E-state index < -0.39 is 24.5 Å². The zero-order chi connectivity index (χ0) is 12.6. The normalized spacial score (nSPS) is 28.3. The smallest absolute Gasteiger partial charge is 0.336 e. The molecule has 1 N–H and O–H groups in total. The number of hydrogen-bond acceptors (Lipinski definition) is 3. The largest absolute Gasteiger partial charge is 0.479 e. The van der Waals surface area contributed by atoms with Crippen LogP contribution in [0.3, 0.4) is 0 Å². The van der Waals surface area contributed by atoms with Gasteiger partial charge in [-0.05, 0) is 19.1 Å². The van der Waals surface area contributed by atoms with Gasteiger partial charge in [0.15, 0.2) is 12.4 Å². The highest BCUT2D eigenvalue weighted by Crippen LogP contribution is 2.39. The molecule has 0 spiro atoms. The van der Waals surface area contributed by atoms with Gasteiger partial charge < -0.3 is 14.6 Å². The van der Waals surface area contributed by atoms with Gasteiger partial charge >= 0.3 is 5.97 Å². The van der Waals surface area contributed by atoms with Gasteiger partial charge in [0.2, 0.25) is 0 Å². The number of aliphatic carboxylic acids is 1. The summed E-state index contributed by atoms with van der Waals surface area (Å²) in [5, 5.41) is 9.79. The Morgan fingerprint density at radius 1 is 1.29 bits per heavy atom. The van der Waals surface area contributed by atoms with Crippen LogP contribution in [0.15, 0.2) is 18.2 Å². The summed E-state index contributed by atoms with van der Waals surface area (Å²) in [6, 6.07) is 4.95. The molecule has 3 unspecified atom stereocenters. The summed E-state index contributed by atoms with van der Waals surface area (Å²) in [6.07, 6.45) is -2.49. The van der Waals surface area contributed by atoms with Crippen molar-refractivity contribution in [3.05, 3.63) is 33.8 Å².